The zero-order valence-corrected chi connectivity index (χ0v) is 18.0. The first-order valence-corrected chi connectivity index (χ1v) is 11.0. The lowest BCUT2D eigenvalue weighted by molar-refractivity contribution is 0.102. The Labute approximate surface area is 181 Å². The first-order valence-electron chi connectivity index (χ1n) is 10.2. The second-order valence-corrected chi connectivity index (χ2v) is 8.34. The molecule has 0 saturated carbocycles. The molecule has 0 atom stereocenters. The maximum Gasteiger partial charge on any atom is 0.257 e. The van der Waals surface area contributed by atoms with E-state index in [4.69, 9.17) is 4.98 Å². The van der Waals surface area contributed by atoms with Crippen molar-refractivity contribution >= 4 is 22.4 Å². The van der Waals surface area contributed by atoms with Gasteiger partial charge in [0.25, 0.3) is 5.91 Å². The van der Waals surface area contributed by atoms with E-state index in [1.54, 1.807) is 11.3 Å². The normalized spacial score (nSPS) is 10.7. The molecule has 0 aliphatic rings. The van der Waals surface area contributed by atoms with Crippen molar-refractivity contribution < 1.29 is 4.79 Å². The zero-order valence-electron chi connectivity index (χ0n) is 17.2. The van der Waals surface area contributed by atoms with E-state index in [-0.39, 0.29) is 5.91 Å². The molecule has 4 aromatic rings. The highest BCUT2D eigenvalue weighted by Gasteiger charge is 2.16. The molecule has 0 bridgehead atoms. The molecule has 3 aromatic carbocycles. The van der Waals surface area contributed by atoms with Crippen LogP contribution in [0.4, 0.5) is 5.13 Å². The second kappa shape index (κ2) is 9.06. The summed E-state index contributed by atoms with van der Waals surface area (Å²) in [6.07, 6.45) is 1.97. The van der Waals surface area contributed by atoms with E-state index in [1.165, 1.54) is 16.0 Å². The summed E-state index contributed by atoms with van der Waals surface area (Å²) in [6, 6.07) is 26.4. The van der Waals surface area contributed by atoms with Crippen LogP contribution in [0.5, 0.6) is 0 Å². The molecule has 1 heterocycles. The number of benzene rings is 3. The quantitative estimate of drug-likeness (QED) is 0.371. The lowest BCUT2D eigenvalue weighted by atomic mass is 10.0. The number of nitrogens with one attached hydrogen (secondary N) is 1. The average molecular weight is 413 g/mol. The summed E-state index contributed by atoms with van der Waals surface area (Å²) in [7, 11) is 0. The smallest absolute Gasteiger partial charge is 0.257 e. The van der Waals surface area contributed by atoms with Crippen LogP contribution in [0.2, 0.25) is 0 Å². The predicted octanol–water partition coefficient (Wildman–Crippen LogP) is 6.99. The minimum Gasteiger partial charge on any atom is -0.298 e. The summed E-state index contributed by atoms with van der Waals surface area (Å²) in [5, 5.41) is 3.64. The summed E-state index contributed by atoms with van der Waals surface area (Å²) < 4.78 is 0. The summed E-state index contributed by atoms with van der Waals surface area (Å²) in [6.45, 7) is 4.10. The van der Waals surface area contributed by atoms with Gasteiger partial charge in [-0.25, -0.2) is 4.98 Å². The number of carbonyl (C=O) groups is 1. The average Bonchev–Trinajstić information content (AvgIpc) is 3.17. The van der Waals surface area contributed by atoms with Crippen LogP contribution in [0.15, 0.2) is 78.9 Å². The van der Waals surface area contributed by atoms with Gasteiger partial charge in [-0.05, 0) is 36.1 Å². The molecule has 1 aromatic heterocycles. The third-order valence-electron chi connectivity index (χ3n) is 5.05. The number of hydrogen-bond donors (Lipinski definition) is 1. The molecule has 0 aliphatic carbocycles. The maximum absolute atomic E-state index is 12.7. The third kappa shape index (κ3) is 4.34. The molecular weight excluding hydrogens is 388 g/mol. The van der Waals surface area contributed by atoms with Gasteiger partial charge in [0.05, 0.1) is 5.69 Å². The first kappa shape index (κ1) is 20.0. The Balaban J connectivity index is 1.61. The van der Waals surface area contributed by atoms with Crippen LogP contribution in [0.3, 0.4) is 0 Å². The van der Waals surface area contributed by atoms with Gasteiger partial charge in [-0.15, -0.1) is 11.3 Å². The lowest BCUT2D eigenvalue weighted by Gasteiger charge is -2.05. The Kier molecular flexibility index (Phi) is 6.05. The van der Waals surface area contributed by atoms with Crippen LogP contribution in [-0.2, 0) is 6.42 Å². The van der Waals surface area contributed by atoms with E-state index in [0.29, 0.717) is 10.7 Å². The van der Waals surface area contributed by atoms with Gasteiger partial charge in [-0.1, -0.05) is 86.1 Å². The van der Waals surface area contributed by atoms with Crippen molar-refractivity contribution in [1.29, 1.82) is 0 Å². The number of aryl methyl sites for hydroxylation is 2. The van der Waals surface area contributed by atoms with Gasteiger partial charge in [0.15, 0.2) is 5.13 Å². The molecule has 4 rings (SSSR count). The van der Waals surface area contributed by atoms with E-state index in [2.05, 4.69) is 48.6 Å². The summed E-state index contributed by atoms with van der Waals surface area (Å²) >= 11 is 1.57. The number of hydrogen-bond acceptors (Lipinski definition) is 3. The highest BCUT2D eigenvalue weighted by atomic mass is 32.1. The van der Waals surface area contributed by atoms with Gasteiger partial charge in [0, 0.05) is 16.0 Å². The van der Waals surface area contributed by atoms with Crippen molar-refractivity contribution in [3.8, 4) is 22.4 Å². The Bertz CT molecular complexity index is 1150. The summed E-state index contributed by atoms with van der Waals surface area (Å²) in [5.41, 5.74) is 6.05. The lowest BCUT2D eigenvalue weighted by Crippen LogP contribution is -2.12. The standard InChI is InChI=1S/C26H24N2OS/c1-3-9-23-24(21-16-14-20(15-17-21)19-11-5-4-6-12-19)27-26(30-23)28-25(29)22-13-8-7-10-18(22)2/h4-8,10-17H,3,9H2,1-2H3,(H,27,28,29). The molecule has 30 heavy (non-hydrogen) atoms. The SMILES string of the molecule is CCCc1sc(NC(=O)c2ccccc2C)nc1-c1ccc(-c2ccccc2)cc1. The van der Waals surface area contributed by atoms with Gasteiger partial charge in [0.1, 0.15) is 0 Å². The van der Waals surface area contributed by atoms with E-state index in [9.17, 15) is 4.79 Å². The molecule has 0 radical (unpaired) electrons. The number of nitrogens with zero attached hydrogens (tertiary/aromatic N) is 1. The van der Waals surface area contributed by atoms with Crippen molar-refractivity contribution in [3.63, 3.8) is 0 Å². The molecule has 0 aliphatic heterocycles. The van der Waals surface area contributed by atoms with Crippen LogP contribution in [0, 0.1) is 6.92 Å². The fraction of sp³-hybridized carbons (Fsp3) is 0.154. The molecule has 1 N–H and O–H groups in total. The number of rotatable bonds is 6. The second-order valence-electron chi connectivity index (χ2n) is 7.25. The van der Waals surface area contributed by atoms with Crippen molar-refractivity contribution in [2.45, 2.75) is 26.7 Å². The fourth-order valence-electron chi connectivity index (χ4n) is 3.47. The van der Waals surface area contributed by atoms with Crippen LogP contribution in [-0.4, -0.2) is 10.9 Å². The Morgan fingerprint density at radius 1 is 0.867 bits per heavy atom. The van der Waals surface area contributed by atoms with E-state index in [1.807, 2.05) is 49.4 Å². The van der Waals surface area contributed by atoms with Gasteiger partial charge in [0.2, 0.25) is 0 Å². The van der Waals surface area contributed by atoms with Crippen molar-refractivity contribution in [3.05, 3.63) is 94.9 Å². The minimum atomic E-state index is -0.115. The predicted molar refractivity (Wildman–Crippen MR) is 126 cm³/mol. The van der Waals surface area contributed by atoms with E-state index in [0.717, 1.165) is 29.7 Å². The van der Waals surface area contributed by atoms with Gasteiger partial charge < -0.3 is 0 Å². The molecule has 150 valence electrons. The highest BCUT2D eigenvalue weighted by Crippen LogP contribution is 2.33. The summed E-state index contributed by atoms with van der Waals surface area (Å²) in [5.74, 6) is -0.115. The Morgan fingerprint density at radius 2 is 1.50 bits per heavy atom. The molecule has 4 heteroatoms. The van der Waals surface area contributed by atoms with Crippen molar-refractivity contribution in [2.24, 2.45) is 0 Å². The van der Waals surface area contributed by atoms with E-state index < -0.39 is 0 Å². The minimum absolute atomic E-state index is 0.115. The maximum atomic E-state index is 12.7. The van der Waals surface area contributed by atoms with Crippen molar-refractivity contribution in [1.82, 2.24) is 4.98 Å². The van der Waals surface area contributed by atoms with Gasteiger partial charge in [-0.2, -0.15) is 0 Å². The monoisotopic (exact) mass is 412 g/mol. The Morgan fingerprint density at radius 3 is 2.20 bits per heavy atom. The molecule has 3 nitrogen and oxygen atoms in total. The largest absolute Gasteiger partial charge is 0.298 e. The molecule has 1 amide bonds. The molecule has 0 unspecified atom stereocenters. The number of carbonyl (C=O) groups excluding carboxylic acids is 1. The van der Waals surface area contributed by atoms with Crippen LogP contribution in [0.25, 0.3) is 22.4 Å². The summed E-state index contributed by atoms with van der Waals surface area (Å²) in [4.78, 5) is 18.7. The number of anilines is 1. The van der Waals surface area contributed by atoms with E-state index >= 15 is 0 Å². The Hall–Kier alpha value is -3.24. The molecule has 0 spiro atoms. The van der Waals surface area contributed by atoms with Crippen LogP contribution in [0.1, 0.15) is 34.1 Å². The fourth-order valence-corrected chi connectivity index (χ4v) is 4.55. The third-order valence-corrected chi connectivity index (χ3v) is 6.08. The highest BCUT2D eigenvalue weighted by molar-refractivity contribution is 7.16. The zero-order chi connectivity index (χ0) is 20.9. The van der Waals surface area contributed by atoms with Crippen LogP contribution < -0.4 is 5.32 Å². The first-order chi connectivity index (χ1) is 14.7. The number of thiazole rings is 1. The molecule has 0 saturated heterocycles. The van der Waals surface area contributed by atoms with Crippen molar-refractivity contribution in [2.75, 3.05) is 5.32 Å². The molecule has 0 fully saturated rings. The molecular formula is C26H24N2OS. The van der Waals surface area contributed by atoms with Gasteiger partial charge >= 0.3 is 0 Å². The topological polar surface area (TPSA) is 42.0 Å². The number of aromatic nitrogens is 1. The van der Waals surface area contributed by atoms with Gasteiger partial charge in [-0.3, -0.25) is 10.1 Å². The van der Waals surface area contributed by atoms with Crippen LogP contribution >= 0.6 is 11.3 Å². The number of amides is 1.